The molecule has 0 saturated carbocycles. The SMILES string of the molecule is Cc1nc2ccccn2c1NC(=O)c1cc(-c2c(F)cccc2Cl)[nH]n1. The van der Waals surface area contributed by atoms with Crippen molar-refractivity contribution >= 4 is 29.0 Å². The van der Waals surface area contributed by atoms with Gasteiger partial charge >= 0.3 is 0 Å². The van der Waals surface area contributed by atoms with Crippen molar-refractivity contribution in [1.82, 2.24) is 19.6 Å². The Balaban J connectivity index is 1.66. The summed E-state index contributed by atoms with van der Waals surface area (Å²) < 4.78 is 15.8. The third-order valence-corrected chi connectivity index (χ3v) is 4.29. The second-order valence-electron chi connectivity index (χ2n) is 5.69. The van der Waals surface area contributed by atoms with Gasteiger partial charge < -0.3 is 5.32 Å². The number of amides is 1. The lowest BCUT2D eigenvalue weighted by atomic mass is 10.1. The number of pyridine rings is 1. The van der Waals surface area contributed by atoms with Crippen molar-refractivity contribution in [3.8, 4) is 11.3 Å². The van der Waals surface area contributed by atoms with Gasteiger partial charge in [-0.05, 0) is 37.3 Å². The fourth-order valence-corrected chi connectivity index (χ4v) is 3.02. The number of rotatable bonds is 3. The van der Waals surface area contributed by atoms with E-state index >= 15 is 0 Å². The molecule has 26 heavy (non-hydrogen) atoms. The van der Waals surface area contributed by atoms with E-state index in [1.165, 1.54) is 18.2 Å². The third kappa shape index (κ3) is 2.72. The number of aryl methyl sites for hydroxylation is 1. The Morgan fingerprint density at radius 2 is 2.12 bits per heavy atom. The molecule has 8 heteroatoms. The van der Waals surface area contributed by atoms with Gasteiger partial charge in [-0.1, -0.05) is 23.7 Å². The standard InChI is InChI=1S/C18H13ClFN5O/c1-10-17(25-8-3-2-7-15(25)21-10)22-18(26)14-9-13(23-24-14)16-11(19)5-4-6-12(16)20/h2-9H,1H3,(H,22,26)(H,23,24). The first-order chi connectivity index (χ1) is 12.5. The minimum atomic E-state index is -0.495. The summed E-state index contributed by atoms with van der Waals surface area (Å²) in [6.07, 6.45) is 1.81. The van der Waals surface area contributed by atoms with Gasteiger partial charge in [0.2, 0.25) is 0 Å². The number of aromatic nitrogens is 4. The molecule has 4 rings (SSSR count). The number of fused-ring (bicyclic) bond motifs is 1. The molecule has 0 aliphatic rings. The number of anilines is 1. The van der Waals surface area contributed by atoms with Gasteiger partial charge in [-0.3, -0.25) is 14.3 Å². The molecular weight excluding hydrogens is 357 g/mol. The van der Waals surface area contributed by atoms with E-state index in [4.69, 9.17) is 11.6 Å². The fourth-order valence-electron chi connectivity index (χ4n) is 2.76. The van der Waals surface area contributed by atoms with Crippen molar-refractivity contribution in [2.45, 2.75) is 6.92 Å². The van der Waals surface area contributed by atoms with Gasteiger partial charge in [0, 0.05) is 6.20 Å². The Kier molecular flexibility index (Phi) is 3.93. The van der Waals surface area contributed by atoms with Crippen molar-refractivity contribution < 1.29 is 9.18 Å². The van der Waals surface area contributed by atoms with Crippen molar-refractivity contribution in [2.24, 2.45) is 0 Å². The highest BCUT2D eigenvalue weighted by Crippen LogP contribution is 2.29. The Morgan fingerprint density at radius 3 is 2.92 bits per heavy atom. The zero-order valence-electron chi connectivity index (χ0n) is 13.6. The molecule has 0 aliphatic heterocycles. The van der Waals surface area contributed by atoms with Crippen LogP contribution in [-0.2, 0) is 0 Å². The Morgan fingerprint density at radius 1 is 1.27 bits per heavy atom. The number of carbonyl (C=O) groups excluding carboxylic acids is 1. The molecule has 130 valence electrons. The highest BCUT2D eigenvalue weighted by atomic mass is 35.5. The molecule has 0 unspecified atom stereocenters. The lowest BCUT2D eigenvalue weighted by molar-refractivity contribution is 0.102. The van der Waals surface area contributed by atoms with Crippen LogP contribution in [-0.4, -0.2) is 25.5 Å². The van der Waals surface area contributed by atoms with E-state index in [1.54, 1.807) is 23.6 Å². The van der Waals surface area contributed by atoms with Crippen molar-refractivity contribution in [2.75, 3.05) is 5.32 Å². The Hall–Kier alpha value is -3.19. The zero-order valence-corrected chi connectivity index (χ0v) is 14.4. The minimum Gasteiger partial charge on any atom is -0.305 e. The first-order valence-corrected chi connectivity index (χ1v) is 8.17. The van der Waals surface area contributed by atoms with Crippen LogP contribution in [0.5, 0.6) is 0 Å². The molecule has 3 heterocycles. The molecule has 2 N–H and O–H groups in total. The normalized spacial score (nSPS) is 11.0. The Labute approximate surface area is 152 Å². The molecule has 0 bridgehead atoms. The monoisotopic (exact) mass is 369 g/mol. The van der Waals surface area contributed by atoms with Gasteiger partial charge in [-0.2, -0.15) is 5.10 Å². The van der Waals surface area contributed by atoms with Crippen LogP contribution in [0.4, 0.5) is 10.2 Å². The number of imidazole rings is 1. The number of hydrogen-bond donors (Lipinski definition) is 2. The molecule has 0 fully saturated rings. The van der Waals surface area contributed by atoms with Gasteiger partial charge in [-0.25, -0.2) is 9.37 Å². The van der Waals surface area contributed by atoms with Crippen molar-refractivity contribution in [1.29, 1.82) is 0 Å². The van der Waals surface area contributed by atoms with E-state index in [-0.39, 0.29) is 16.3 Å². The average Bonchev–Trinajstić information content (AvgIpc) is 3.20. The van der Waals surface area contributed by atoms with Gasteiger partial charge in [-0.15, -0.1) is 0 Å². The molecule has 1 amide bonds. The summed E-state index contributed by atoms with van der Waals surface area (Å²) in [5.74, 6) is -0.376. The van der Waals surface area contributed by atoms with Gasteiger partial charge in [0.1, 0.15) is 17.3 Å². The highest BCUT2D eigenvalue weighted by molar-refractivity contribution is 6.33. The van der Waals surface area contributed by atoms with Gasteiger partial charge in [0.15, 0.2) is 5.69 Å². The number of H-pyrrole nitrogens is 1. The molecular formula is C18H13ClFN5O. The maximum atomic E-state index is 14.0. The van der Waals surface area contributed by atoms with Gasteiger partial charge in [0.25, 0.3) is 5.91 Å². The van der Waals surface area contributed by atoms with Crippen LogP contribution in [0.3, 0.4) is 0 Å². The molecule has 0 atom stereocenters. The summed E-state index contributed by atoms with van der Waals surface area (Å²) in [6, 6.07) is 11.4. The first kappa shape index (κ1) is 16.3. The first-order valence-electron chi connectivity index (χ1n) is 7.79. The van der Waals surface area contributed by atoms with E-state index in [0.29, 0.717) is 17.2 Å². The lowest BCUT2D eigenvalue weighted by Crippen LogP contribution is -2.14. The van der Waals surface area contributed by atoms with Crippen molar-refractivity contribution in [3.05, 3.63) is 70.9 Å². The van der Waals surface area contributed by atoms with Crippen LogP contribution in [0.1, 0.15) is 16.2 Å². The van der Waals surface area contributed by atoms with Gasteiger partial charge in [0.05, 0.1) is 22.0 Å². The number of aromatic amines is 1. The zero-order chi connectivity index (χ0) is 18.3. The quantitative estimate of drug-likeness (QED) is 0.571. The molecule has 4 aromatic rings. The number of halogens is 2. The summed E-state index contributed by atoms with van der Waals surface area (Å²) >= 11 is 6.05. The largest absolute Gasteiger partial charge is 0.305 e. The van der Waals surface area contributed by atoms with Crippen LogP contribution in [0.25, 0.3) is 16.9 Å². The topological polar surface area (TPSA) is 75.1 Å². The number of carbonyl (C=O) groups is 1. The third-order valence-electron chi connectivity index (χ3n) is 3.98. The summed E-state index contributed by atoms with van der Waals surface area (Å²) in [7, 11) is 0. The van der Waals surface area contributed by atoms with Crippen LogP contribution in [0.2, 0.25) is 5.02 Å². The summed E-state index contributed by atoms with van der Waals surface area (Å²) in [5.41, 5.74) is 2.02. The predicted molar refractivity (Wildman–Crippen MR) is 96.9 cm³/mol. The van der Waals surface area contributed by atoms with Crippen LogP contribution < -0.4 is 5.32 Å². The second-order valence-corrected chi connectivity index (χ2v) is 6.10. The summed E-state index contributed by atoms with van der Waals surface area (Å²) in [5, 5.41) is 9.66. The number of hydrogen-bond acceptors (Lipinski definition) is 3. The average molecular weight is 370 g/mol. The predicted octanol–water partition coefficient (Wildman–Crippen LogP) is 4.08. The molecule has 3 aromatic heterocycles. The van der Waals surface area contributed by atoms with Crippen LogP contribution >= 0.6 is 11.6 Å². The highest BCUT2D eigenvalue weighted by Gasteiger charge is 2.18. The fraction of sp³-hybridized carbons (Fsp3) is 0.0556. The van der Waals surface area contributed by atoms with E-state index in [2.05, 4.69) is 20.5 Å². The maximum Gasteiger partial charge on any atom is 0.277 e. The number of benzene rings is 1. The summed E-state index contributed by atoms with van der Waals surface area (Å²) in [4.78, 5) is 16.9. The smallest absolute Gasteiger partial charge is 0.277 e. The van der Waals surface area contributed by atoms with Crippen LogP contribution in [0.15, 0.2) is 48.7 Å². The molecule has 0 radical (unpaired) electrons. The number of nitrogens with one attached hydrogen (secondary N) is 2. The molecule has 1 aromatic carbocycles. The maximum absolute atomic E-state index is 14.0. The van der Waals surface area contributed by atoms with Crippen LogP contribution in [0, 0.1) is 12.7 Å². The van der Waals surface area contributed by atoms with E-state index < -0.39 is 11.7 Å². The minimum absolute atomic E-state index is 0.115. The van der Waals surface area contributed by atoms with E-state index in [0.717, 1.165) is 5.65 Å². The van der Waals surface area contributed by atoms with E-state index in [1.807, 2.05) is 18.2 Å². The molecule has 0 saturated heterocycles. The second kappa shape index (κ2) is 6.27. The number of nitrogens with zero attached hydrogens (tertiary/aromatic N) is 3. The van der Waals surface area contributed by atoms with E-state index in [9.17, 15) is 9.18 Å². The summed E-state index contributed by atoms with van der Waals surface area (Å²) in [6.45, 7) is 1.80. The molecule has 6 nitrogen and oxygen atoms in total. The molecule has 0 aliphatic carbocycles. The lowest BCUT2D eigenvalue weighted by Gasteiger charge is -2.04. The molecule has 0 spiro atoms. The van der Waals surface area contributed by atoms with Crippen molar-refractivity contribution in [3.63, 3.8) is 0 Å². The Bertz CT molecular complexity index is 1110.